The summed E-state index contributed by atoms with van der Waals surface area (Å²) in [6, 6.07) is 1.30. The summed E-state index contributed by atoms with van der Waals surface area (Å²) in [5.74, 6) is 0.906. The fourth-order valence-corrected chi connectivity index (χ4v) is 2.70. The van der Waals surface area contributed by atoms with Gasteiger partial charge in [-0.2, -0.15) is 0 Å². The first-order chi connectivity index (χ1) is 7.09. The van der Waals surface area contributed by atoms with Crippen molar-refractivity contribution >= 4 is 0 Å². The molecule has 0 saturated heterocycles. The molecule has 0 aromatic carbocycles. The van der Waals surface area contributed by atoms with Gasteiger partial charge in [-0.3, -0.25) is 0 Å². The van der Waals surface area contributed by atoms with Crippen molar-refractivity contribution in [3.05, 3.63) is 0 Å². The summed E-state index contributed by atoms with van der Waals surface area (Å²) >= 11 is 0. The number of hydrogen-bond acceptors (Lipinski definition) is 2. The topological polar surface area (TPSA) is 15.3 Å². The Labute approximate surface area is 95.4 Å². The SMILES string of the molecule is CC(C)N[C@H](CN(C)C)C1CCCCC1. The molecule has 0 heterocycles. The monoisotopic (exact) mass is 212 g/mol. The van der Waals surface area contributed by atoms with E-state index in [1.807, 2.05) is 0 Å². The molecule has 1 saturated carbocycles. The summed E-state index contributed by atoms with van der Waals surface area (Å²) in [7, 11) is 4.36. The van der Waals surface area contributed by atoms with Gasteiger partial charge in [-0.25, -0.2) is 0 Å². The van der Waals surface area contributed by atoms with Gasteiger partial charge in [0, 0.05) is 18.6 Å². The summed E-state index contributed by atoms with van der Waals surface area (Å²) < 4.78 is 0. The van der Waals surface area contributed by atoms with Gasteiger partial charge in [-0.05, 0) is 32.9 Å². The molecule has 1 N–H and O–H groups in total. The zero-order valence-electron chi connectivity index (χ0n) is 10.9. The maximum absolute atomic E-state index is 3.74. The molecule has 0 bridgehead atoms. The summed E-state index contributed by atoms with van der Waals surface area (Å²) in [5.41, 5.74) is 0. The van der Waals surface area contributed by atoms with Gasteiger partial charge in [-0.15, -0.1) is 0 Å². The molecule has 2 nitrogen and oxygen atoms in total. The smallest absolute Gasteiger partial charge is 0.0225 e. The van der Waals surface area contributed by atoms with E-state index in [1.165, 1.54) is 38.6 Å². The molecule has 0 aromatic rings. The van der Waals surface area contributed by atoms with E-state index in [1.54, 1.807) is 0 Å². The van der Waals surface area contributed by atoms with E-state index in [0.717, 1.165) is 5.92 Å². The summed E-state index contributed by atoms with van der Waals surface area (Å²) in [5, 5.41) is 3.74. The maximum atomic E-state index is 3.74. The lowest BCUT2D eigenvalue weighted by atomic mass is 9.83. The van der Waals surface area contributed by atoms with Gasteiger partial charge < -0.3 is 10.2 Å². The predicted molar refractivity (Wildman–Crippen MR) is 67.2 cm³/mol. The van der Waals surface area contributed by atoms with Crippen LogP contribution in [0.3, 0.4) is 0 Å². The van der Waals surface area contributed by atoms with Gasteiger partial charge in [0.1, 0.15) is 0 Å². The first kappa shape index (κ1) is 13.0. The van der Waals surface area contributed by atoms with Crippen LogP contribution >= 0.6 is 0 Å². The molecule has 0 radical (unpaired) electrons. The lowest BCUT2D eigenvalue weighted by molar-refractivity contribution is 0.213. The van der Waals surface area contributed by atoms with Crippen LogP contribution in [0.15, 0.2) is 0 Å². The van der Waals surface area contributed by atoms with Crippen molar-refractivity contribution in [1.82, 2.24) is 10.2 Å². The Balaban J connectivity index is 2.45. The van der Waals surface area contributed by atoms with Gasteiger partial charge in [-0.1, -0.05) is 33.1 Å². The number of nitrogens with one attached hydrogen (secondary N) is 1. The van der Waals surface area contributed by atoms with E-state index in [-0.39, 0.29) is 0 Å². The van der Waals surface area contributed by atoms with Crippen molar-refractivity contribution < 1.29 is 0 Å². The third-order valence-electron chi connectivity index (χ3n) is 3.33. The molecule has 90 valence electrons. The molecule has 1 atom stereocenters. The Morgan fingerprint density at radius 3 is 2.20 bits per heavy atom. The van der Waals surface area contributed by atoms with Crippen molar-refractivity contribution in [3.63, 3.8) is 0 Å². The van der Waals surface area contributed by atoms with E-state index in [9.17, 15) is 0 Å². The number of likely N-dealkylation sites (N-methyl/N-ethyl adjacent to an activating group) is 1. The predicted octanol–water partition coefficient (Wildman–Crippen LogP) is 2.49. The van der Waals surface area contributed by atoms with Crippen LogP contribution in [0.2, 0.25) is 0 Å². The molecule has 1 aliphatic carbocycles. The first-order valence-corrected chi connectivity index (χ1v) is 6.50. The lowest BCUT2D eigenvalue weighted by Crippen LogP contribution is -2.47. The molecule has 1 aliphatic rings. The van der Waals surface area contributed by atoms with Gasteiger partial charge in [0.2, 0.25) is 0 Å². The Bertz CT molecular complexity index is 150. The van der Waals surface area contributed by atoms with Crippen molar-refractivity contribution in [2.24, 2.45) is 5.92 Å². The van der Waals surface area contributed by atoms with E-state index in [2.05, 4.69) is 38.2 Å². The molecule has 1 fully saturated rings. The van der Waals surface area contributed by atoms with Crippen LogP contribution in [0.25, 0.3) is 0 Å². The highest BCUT2D eigenvalue weighted by atomic mass is 15.1. The fraction of sp³-hybridized carbons (Fsp3) is 1.00. The summed E-state index contributed by atoms with van der Waals surface area (Å²) in [6.45, 7) is 5.69. The van der Waals surface area contributed by atoms with Gasteiger partial charge in [0.15, 0.2) is 0 Å². The third-order valence-corrected chi connectivity index (χ3v) is 3.33. The summed E-state index contributed by atoms with van der Waals surface area (Å²) in [6.07, 6.45) is 7.19. The molecule has 1 rings (SSSR count). The Kier molecular flexibility index (Phi) is 5.62. The van der Waals surface area contributed by atoms with Crippen molar-refractivity contribution in [1.29, 1.82) is 0 Å². The quantitative estimate of drug-likeness (QED) is 0.753. The number of rotatable bonds is 5. The standard InChI is InChI=1S/C13H28N2/c1-11(2)14-13(10-15(3)4)12-8-6-5-7-9-12/h11-14H,5-10H2,1-4H3/t13-/m1/s1. The van der Waals surface area contributed by atoms with Gasteiger partial charge in [0.25, 0.3) is 0 Å². The average Bonchev–Trinajstić information content (AvgIpc) is 2.17. The molecule has 0 aliphatic heterocycles. The highest BCUT2D eigenvalue weighted by Gasteiger charge is 2.24. The largest absolute Gasteiger partial charge is 0.310 e. The second-order valence-corrected chi connectivity index (χ2v) is 5.59. The summed E-state index contributed by atoms with van der Waals surface area (Å²) in [4.78, 5) is 2.31. The number of nitrogens with zero attached hydrogens (tertiary/aromatic N) is 1. The molecule has 2 heteroatoms. The Morgan fingerprint density at radius 1 is 1.13 bits per heavy atom. The Hall–Kier alpha value is -0.0800. The van der Waals surface area contributed by atoms with E-state index >= 15 is 0 Å². The highest BCUT2D eigenvalue weighted by Crippen LogP contribution is 2.26. The molecular weight excluding hydrogens is 184 g/mol. The van der Waals surface area contributed by atoms with Crippen molar-refractivity contribution in [2.75, 3.05) is 20.6 Å². The fourth-order valence-electron chi connectivity index (χ4n) is 2.70. The zero-order chi connectivity index (χ0) is 11.3. The number of hydrogen-bond donors (Lipinski definition) is 1. The van der Waals surface area contributed by atoms with Crippen LogP contribution in [-0.2, 0) is 0 Å². The van der Waals surface area contributed by atoms with Crippen LogP contribution in [0.4, 0.5) is 0 Å². The van der Waals surface area contributed by atoms with Crippen LogP contribution in [0.1, 0.15) is 46.0 Å². The van der Waals surface area contributed by atoms with Crippen LogP contribution < -0.4 is 5.32 Å². The molecule has 0 spiro atoms. The van der Waals surface area contributed by atoms with Crippen LogP contribution in [0, 0.1) is 5.92 Å². The van der Waals surface area contributed by atoms with E-state index < -0.39 is 0 Å². The van der Waals surface area contributed by atoms with Gasteiger partial charge in [0.05, 0.1) is 0 Å². The van der Waals surface area contributed by atoms with Crippen LogP contribution in [-0.4, -0.2) is 37.6 Å². The van der Waals surface area contributed by atoms with Crippen LogP contribution in [0.5, 0.6) is 0 Å². The lowest BCUT2D eigenvalue weighted by Gasteiger charge is -2.34. The minimum atomic E-state index is 0.608. The minimum absolute atomic E-state index is 0.608. The molecule has 0 unspecified atom stereocenters. The normalized spacial score (nSPS) is 21.2. The van der Waals surface area contributed by atoms with Crippen molar-refractivity contribution in [2.45, 2.75) is 58.0 Å². The maximum Gasteiger partial charge on any atom is 0.0225 e. The second kappa shape index (κ2) is 6.49. The minimum Gasteiger partial charge on any atom is -0.310 e. The van der Waals surface area contributed by atoms with E-state index in [4.69, 9.17) is 0 Å². The van der Waals surface area contributed by atoms with E-state index in [0.29, 0.717) is 12.1 Å². The highest BCUT2D eigenvalue weighted by molar-refractivity contribution is 4.82. The molecule has 0 amide bonds. The van der Waals surface area contributed by atoms with Gasteiger partial charge >= 0.3 is 0 Å². The molecule has 0 aromatic heterocycles. The second-order valence-electron chi connectivity index (χ2n) is 5.59. The zero-order valence-corrected chi connectivity index (χ0v) is 10.9. The first-order valence-electron chi connectivity index (χ1n) is 6.50. The third kappa shape index (κ3) is 4.98. The molecular formula is C13H28N2. The Morgan fingerprint density at radius 2 is 1.73 bits per heavy atom. The van der Waals surface area contributed by atoms with Crippen molar-refractivity contribution in [3.8, 4) is 0 Å². The average molecular weight is 212 g/mol. The molecule has 15 heavy (non-hydrogen) atoms.